The van der Waals surface area contributed by atoms with Crippen LogP contribution in [0.3, 0.4) is 0 Å². The van der Waals surface area contributed by atoms with Crippen molar-refractivity contribution < 1.29 is 13.2 Å². The zero-order valence-electron chi connectivity index (χ0n) is 27.7. The van der Waals surface area contributed by atoms with E-state index in [1.54, 1.807) is 0 Å². The summed E-state index contributed by atoms with van der Waals surface area (Å²) in [6.07, 6.45) is 2.71. The van der Waals surface area contributed by atoms with Crippen LogP contribution in [0.5, 0.6) is 0 Å². The minimum absolute atomic E-state index is 0.280. The lowest BCUT2D eigenvalue weighted by atomic mass is 10.0. The number of halogens is 2. The molecule has 0 atom stereocenters. The van der Waals surface area contributed by atoms with Crippen LogP contribution in [-0.2, 0) is 47.4 Å². The standard InChI is InChI=1S/C37H39Cl2N5O3S2/c1-41(24-29-9-13-32(38)14-10-29)23-28-6-4-27(5-7-28)8-11-30-22-31(12-15-34(30)39)37-33-25-43(49(2,45)46)19-16-35(33)44(40-37)18-3-17-42-20-21-47-26-36(42)48/h4-7,9-10,12-15,22H,3,16-21,23-26H2,1-2H3. The van der Waals surface area contributed by atoms with Crippen molar-refractivity contribution in [2.75, 3.05) is 46.2 Å². The van der Waals surface area contributed by atoms with Gasteiger partial charge < -0.3 is 9.64 Å². The molecule has 12 heteroatoms. The molecular weight excluding hydrogens is 697 g/mol. The van der Waals surface area contributed by atoms with E-state index in [2.05, 4.69) is 40.8 Å². The molecule has 0 aliphatic carbocycles. The number of sulfonamides is 1. The smallest absolute Gasteiger partial charge is 0.211 e. The Bertz CT molecular complexity index is 1990. The Hall–Kier alpha value is -3.27. The second-order valence-corrected chi connectivity index (χ2v) is 15.9. The molecule has 49 heavy (non-hydrogen) atoms. The summed E-state index contributed by atoms with van der Waals surface area (Å²) in [5, 5.41) is 6.34. The van der Waals surface area contributed by atoms with Gasteiger partial charge in [-0.3, -0.25) is 9.58 Å². The third-order valence-corrected chi connectivity index (χ3v) is 11.0. The molecule has 1 aromatic heterocycles. The minimum atomic E-state index is -3.36. The molecule has 6 rings (SSSR count). The van der Waals surface area contributed by atoms with Gasteiger partial charge in [-0.05, 0) is 61.0 Å². The van der Waals surface area contributed by atoms with E-state index in [1.807, 2.05) is 59.3 Å². The number of ether oxygens (including phenoxy) is 1. The van der Waals surface area contributed by atoms with Gasteiger partial charge in [-0.15, -0.1) is 0 Å². The highest BCUT2D eigenvalue weighted by Crippen LogP contribution is 2.33. The normalized spacial score (nSPS) is 15.3. The number of hydrogen-bond donors (Lipinski definition) is 0. The number of rotatable bonds is 10. The molecular formula is C37H39Cl2N5O3S2. The summed E-state index contributed by atoms with van der Waals surface area (Å²) >= 11 is 18.1. The van der Waals surface area contributed by atoms with Gasteiger partial charge >= 0.3 is 0 Å². The summed E-state index contributed by atoms with van der Waals surface area (Å²) in [5.41, 5.74) is 7.59. The molecule has 8 nitrogen and oxygen atoms in total. The first-order valence-electron chi connectivity index (χ1n) is 16.3. The Morgan fingerprint density at radius 3 is 2.37 bits per heavy atom. The van der Waals surface area contributed by atoms with Crippen molar-refractivity contribution in [2.24, 2.45) is 0 Å². The number of fused-ring (bicyclic) bond motifs is 1. The number of thiocarbonyl (C=S) groups is 1. The van der Waals surface area contributed by atoms with Crippen molar-refractivity contribution in [1.29, 1.82) is 0 Å². The number of hydrogen-bond acceptors (Lipinski definition) is 6. The predicted molar refractivity (Wildman–Crippen MR) is 200 cm³/mol. The molecule has 2 aliphatic rings. The fourth-order valence-electron chi connectivity index (χ4n) is 6.23. The Balaban J connectivity index is 1.19. The predicted octanol–water partition coefficient (Wildman–Crippen LogP) is 6.26. The third kappa shape index (κ3) is 9.10. The van der Waals surface area contributed by atoms with Gasteiger partial charge in [0.2, 0.25) is 10.0 Å². The van der Waals surface area contributed by atoms with E-state index in [0.717, 1.165) is 70.7 Å². The Labute approximate surface area is 304 Å². The second kappa shape index (κ2) is 15.7. The van der Waals surface area contributed by atoms with Gasteiger partial charge in [0.1, 0.15) is 4.99 Å². The van der Waals surface area contributed by atoms with Gasteiger partial charge in [0, 0.05) is 85.2 Å². The van der Waals surface area contributed by atoms with Gasteiger partial charge in [0.15, 0.2) is 0 Å². The Kier molecular flexibility index (Phi) is 11.4. The molecule has 3 heterocycles. The van der Waals surface area contributed by atoms with Gasteiger partial charge in [-0.1, -0.05) is 77.6 Å². The largest absolute Gasteiger partial charge is 0.372 e. The van der Waals surface area contributed by atoms with Crippen molar-refractivity contribution in [1.82, 2.24) is 23.9 Å². The summed E-state index contributed by atoms with van der Waals surface area (Å²) in [6.45, 7) is 5.83. The summed E-state index contributed by atoms with van der Waals surface area (Å²) < 4.78 is 34.1. The van der Waals surface area contributed by atoms with Crippen LogP contribution in [0.2, 0.25) is 10.0 Å². The summed E-state index contributed by atoms with van der Waals surface area (Å²) in [6, 6.07) is 21.9. The van der Waals surface area contributed by atoms with E-state index in [9.17, 15) is 8.42 Å². The maximum Gasteiger partial charge on any atom is 0.211 e. The molecule has 0 radical (unpaired) electrons. The lowest BCUT2D eigenvalue weighted by molar-refractivity contribution is 0.118. The van der Waals surface area contributed by atoms with Gasteiger partial charge in [-0.25, -0.2) is 8.42 Å². The van der Waals surface area contributed by atoms with Crippen LogP contribution in [0.4, 0.5) is 0 Å². The number of benzene rings is 3. The quantitative estimate of drug-likeness (QED) is 0.141. The number of aromatic nitrogens is 2. The zero-order chi connectivity index (χ0) is 34.5. The fraction of sp³-hybridized carbons (Fsp3) is 0.351. The number of nitrogens with zero attached hydrogens (tertiary/aromatic N) is 5. The van der Waals surface area contributed by atoms with E-state index >= 15 is 0 Å². The molecule has 0 spiro atoms. The fourth-order valence-corrected chi connectivity index (χ4v) is 7.58. The maximum atomic E-state index is 12.5. The van der Waals surface area contributed by atoms with E-state index in [1.165, 1.54) is 21.7 Å². The van der Waals surface area contributed by atoms with Crippen LogP contribution < -0.4 is 0 Å². The van der Waals surface area contributed by atoms with Crippen molar-refractivity contribution in [3.8, 4) is 23.1 Å². The minimum Gasteiger partial charge on any atom is -0.372 e. The first-order valence-corrected chi connectivity index (χ1v) is 19.3. The van der Waals surface area contributed by atoms with Crippen LogP contribution in [0, 0.1) is 11.8 Å². The molecule has 0 saturated carbocycles. The van der Waals surface area contributed by atoms with E-state index in [4.69, 9.17) is 45.3 Å². The molecule has 0 N–H and O–H groups in total. The maximum absolute atomic E-state index is 12.5. The number of morpholine rings is 1. The molecule has 2 aliphatic heterocycles. The van der Waals surface area contributed by atoms with Crippen LogP contribution in [0.1, 0.15) is 39.9 Å². The highest BCUT2D eigenvalue weighted by Gasteiger charge is 2.30. The molecule has 0 bridgehead atoms. The molecule has 0 unspecified atom stereocenters. The SMILES string of the molecule is CN(Cc1ccc(Cl)cc1)Cc1ccc(C#Cc2cc(-c3nn(CCCN4CCOCC4=S)c4c3CN(S(C)(=O)=O)CC4)ccc2Cl)cc1. The Morgan fingerprint density at radius 2 is 1.67 bits per heavy atom. The molecule has 1 saturated heterocycles. The topological polar surface area (TPSA) is 70.9 Å². The molecule has 3 aromatic carbocycles. The van der Waals surface area contributed by atoms with Crippen LogP contribution in [0.25, 0.3) is 11.3 Å². The summed E-state index contributed by atoms with van der Waals surface area (Å²) in [7, 11) is -1.27. The molecule has 256 valence electrons. The van der Waals surface area contributed by atoms with Gasteiger partial charge in [0.25, 0.3) is 0 Å². The van der Waals surface area contributed by atoms with Crippen molar-refractivity contribution in [2.45, 2.75) is 39.0 Å². The van der Waals surface area contributed by atoms with Crippen molar-refractivity contribution in [3.05, 3.63) is 110 Å². The average Bonchev–Trinajstić information content (AvgIpc) is 3.44. The van der Waals surface area contributed by atoms with Gasteiger partial charge in [-0.2, -0.15) is 9.40 Å². The third-order valence-electron chi connectivity index (χ3n) is 8.80. The van der Waals surface area contributed by atoms with E-state index in [-0.39, 0.29) is 6.54 Å². The summed E-state index contributed by atoms with van der Waals surface area (Å²) in [5.74, 6) is 6.53. The monoisotopic (exact) mass is 735 g/mol. The van der Waals surface area contributed by atoms with Crippen LogP contribution in [-0.4, -0.2) is 83.4 Å². The zero-order valence-corrected chi connectivity index (χ0v) is 30.8. The van der Waals surface area contributed by atoms with Crippen LogP contribution in [0.15, 0.2) is 66.7 Å². The second-order valence-electron chi connectivity index (χ2n) is 12.6. The van der Waals surface area contributed by atoms with Crippen LogP contribution >= 0.6 is 35.4 Å². The number of aryl methyl sites for hydroxylation is 1. The first kappa shape index (κ1) is 35.6. The van der Waals surface area contributed by atoms with E-state index < -0.39 is 10.0 Å². The van der Waals surface area contributed by atoms with Gasteiger partial charge in [0.05, 0.1) is 30.2 Å². The Morgan fingerprint density at radius 1 is 0.959 bits per heavy atom. The average molecular weight is 737 g/mol. The first-order chi connectivity index (χ1) is 23.5. The van der Waals surface area contributed by atoms with E-state index in [0.29, 0.717) is 43.3 Å². The lowest BCUT2D eigenvalue weighted by Crippen LogP contribution is -2.41. The van der Waals surface area contributed by atoms with Crippen molar-refractivity contribution in [3.63, 3.8) is 0 Å². The van der Waals surface area contributed by atoms with Crippen molar-refractivity contribution >= 4 is 50.4 Å². The lowest BCUT2D eigenvalue weighted by Gasteiger charge is -2.29. The highest BCUT2D eigenvalue weighted by atomic mass is 35.5. The molecule has 1 fully saturated rings. The molecule has 4 aromatic rings. The highest BCUT2D eigenvalue weighted by molar-refractivity contribution is 7.88. The molecule has 0 amide bonds. The summed E-state index contributed by atoms with van der Waals surface area (Å²) in [4.78, 5) is 5.28.